The zero-order valence-electron chi connectivity index (χ0n) is 22.8. The molecule has 4 aromatic rings. The molecule has 0 unspecified atom stereocenters. The molecule has 39 heavy (non-hydrogen) atoms. The third-order valence-corrected chi connectivity index (χ3v) is 6.30. The molecule has 0 spiro atoms. The Morgan fingerprint density at radius 3 is 2.41 bits per heavy atom. The minimum Gasteiger partial charge on any atom is -0.465 e. The van der Waals surface area contributed by atoms with Crippen LogP contribution >= 0.6 is 0 Å². The number of aryl methyl sites for hydroxylation is 2. The molecule has 0 aliphatic rings. The molecule has 0 radical (unpaired) electrons. The summed E-state index contributed by atoms with van der Waals surface area (Å²) in [7, 11) is 0. The molecule has 0 fully saturated rings. The number of anilines is 1. The van der Waals surface area contributed by atoms with Gasteiger partial charge in [-0.1, -0.05) is 11.6 Å². The Kier molecular flexibility index (Phi) is 8.51. The van der Waals surface area contributed by atoms with Crippen LogP contribution in [0.2, 0.25) is 0 Å². The number of nitrogens with zero attached hydrogens (tertiary/aromatic N) is 2. The number of nitrogens with one attached hydrogen (secondary N) is 2. The summed E-state index contributed by atoms with van der Waals surface area (Å²) in [6, 6.07) is 16.4. The molecular weight excluding hydrogens is 488 g/mol. The van der Waals surface area contributed by atoms with Crippen molar-refractivity contribution in [3.8, 4) is 11.3 Å². The lowest BCUT2D eigenvalue weighted by Crippen LogP contribution is -2.26. The zero-order valence-corrected chi connectivity index (χ0v) is 22.8. The minimum atomic E-state index is -0.260. The van der Waals surface area contributed by atoms with E-state index in [2.05, 4.69) is 21.7 Å². The van der Waals surface area contributed by atoms with E-state index in [-0.39, 0.29) is 18.4 Å². The standard InChI is InChI=1S/C32H32N4O3/c1-6-22(5)39-26(7-2)19-34-31(37)23-10-12-25(13-11-23)35-32(38)28-17-29(24-9-8-14-33-18-24)36-30-21(4)15-20(3)16-27(28)30/h6-18H,19H2,1-5H3,(H,34,37)(H,35,38)/b22-6-,26-7-. The number of carbonyl (C=O) groups is 2. The van der Waals surface area contributed by atoms with Crippen molar-refractivity contribution >= 4 is 28.4 Å². The minimum absolute atomic E-state index is 0.235. The average Bonchev–Trinajstić information content (AvgIpc) is 2.95. The Morgan fingerprint density at radius 1 is 0.974 bits per heavy atom. The fourth-order valence-corrected chi connectivity index (χ4v) is 4.17. The summed E-state index contributed by atoms with van der Waals surface area (Å²) in [5, 5.41) is 6.61. The first kappa shape index (κ1) is 27.3. The van der Waals surface area contributed by atoms with Gasteiger partial charge in [0.25, 0.3) is 11.8 Å². The molecule has 0 aliphatic heterocycles. The molecule has 2 N–H and O–H groups in total. The molecule has 0 bridgehead atoms. The number of allylic oxidation sites excluding steroid dienone is 3. The van der Waals surface area contributed by atoms with Crippen LogP contribution < -0.4 is 10.6 Å². The van der Waals surface area contributed by atoms with Gasteiger partial charge in [-0.3, -0.25) is 14.6 Å². The molecule has 2 aromatic heterocycles. The van der Waals surface area contributed by atoms with E-state index < -0.39 is 0 Å². The molecule has 2 heterocycles. The number of rotatable bonds is 8. The molecule has 7 nitrogen and oxygen atoms in total. The van der Waals surface area contributed by atoms with Crippen LogP contribution in [-0.2, 0) is 4.74 Å². The van der Waals surface area contributed by atoms with Crippen LogP contribution in [0.1, 0.15) is 52.6 Å². The Bertz CT molecular complexity index is 1570. The summed E-state index contributed by atoms with van der Waals surface area (Å²) in [5.41, 5.74) is 5.89. The van der Waals surface area contributed by atoms with Gasteiger partial charge in [-0.05, 0) is 101 Å². The number of hydrogen-bond acceptors (Lipinski definition) is 5. The van der Waals surface area contributed by atoms with Gasteiger partial charge in [-0.15, -0.1) is 0 Å². The highest BCUT2D eigenvalue weighted by atomic mass is 16.5. The van der Waals surface area contributed by atoms with Gasteiger partial charge in [-0.2, -0.15) is 0 Å². The van der Waals surface area contributed by atoms with E-state index in [1.165, 1.54) is 0 Å². The van der Waals surface area contributed by atoms with Crippen LogP contribution in [0.15, 0.2) is 90.7 Å². The second-order valence-electron chi connectivity index (χ2n) is 9.25. The van der Waals surface area contributed by atoms with E-state index in [1.54, 1.807) is 42.7 Å². The fraction of sp³-hybridized carbons (Fsp3) is 0.188. The maximum absolute atomic E-state index is 13.5. The highest BCUT2D eigenvalue weighted by Crippen LogP contribution is 2.28. The first-order valence-electron chi connectivity index (χ1n) is 12.8. The number of aromatic nitrogens is 2. The number of carbonyl (C=O) groups excluding carboxylic acids is 2. The van der Waals surface area contributed by atoms with Crippen LogP contribution in [0.3, 0.4) is 0 Å². The summed E-state index contributed by atoms with van der Waals surface area (Å²) in [4.78, 5) is 35.2. The molecule has 0 saturated heterocycles. The number of ether oxygens (including phenoxy) is 1. The van der Waals surface area contributed by atoms with Gasteiger partial charge in [0.1, 0.15) is 5.76 Å². The van der Waals surface area contributed by atoms with Crippen LogP contribution in [0.4, 0.5) is 5.69 Å². The fourth-order valence-electron chi connectivity index (χ4n) is 4.17. The quantitative estimate of drug-likeness (QED) is 0.251. The third kappa shape index (κ3) is 6.57. The summed E-state index contributed by atoms with van der Waals surface area (Å²) in [6.07, 6.45) is 7.11. The summed E-state index contributed by atoms with van der Waals surface area (Å²) >= 11 is 0. The van der Waals surface area contributed by atoms with Crippen molar-refractivity contribution in [2.45, 2.75) is 34.6 Å². The van der Waals surface area contributed by atoms with E-state index in [0.29, 0.717) is 28.3 Å². The van der Waals surface area contributed by atoms with Crippen LogP contribution in [0, 0.1) is 13.8 Å². The van der Waals surface area contributed by atoms with Crippen molar-refractivity contribution in [2.24, 2.45) is 0 Å². The Balaban J connectivity index is 1.54. The molecule has 2 aromatic carbocycles. The maximum Gasteiger partial charge on any atom is 0.256 e. The predicted molar refractivity (Wildman–Crippen MR) is 155 cm³/mol. The zero-order chi connectivity index (χ0) is 27.9. The number of fused-ring (bicyclic) bond motifs is 1. The van der Waals surface area contributed by atoms with Crippen LogP contribution in [0.25, 0.3) is 22.2 Å². The predicted octanol–water partition coefficient (Wildman–Crippen LogP) is 6.74. The number of hydrogen-bond donors (Lipinski definition) is 2. The van der Waals surface area contributed by atoms with E-state index in [9.17, 15) is 9.59 Å². The smallest absolute Gasteiger partial charge is 0.256 e. The van der Waals surface area contributed by atoms with Crippen molar-refractivity contribution in [1.29, 1.82) is 0 Å². The highest BCUT2D eigenvalue weighted by molar-refractivity contribution is 6.13. The lowest BCUT2D eigenvalue weighted by Gasteiger charge is -2.13. The van der Waals surface area contributed by atoms with E-state index >= 15 is 0 Å². The third-order valence-electron chi connectivity index (χ3n) is 6.30. The molecular formula is C32H32N4O3. The van der Waals surface area contributed by atoms with Crippen molar-refractivity contribution in [3.05, 3.63) is 113 Å². The van der Waals surface area contributed by atoms with E-state index in [1.807, 2.05) is 65.0 Å². The summed E-state index contributed by atoms with van der Waals surface area (Å²) in [5.74, 6) is 0.922. The molecule has 0 aliphatic carbocycles. The normalized spacial score (nSPS) is 11.8. The van der Waals surface area contributed by atoms with Crippen LogP contribution in [-0.4, -0.2) is 28.3 Å². The number of amides is 2. The Labute approximate surface area is 228 Å². The first-order chi connectivity index (χ1) is 18.8. The van der Waals surface area contributed by atoms with Gasteiger partial charge in [-0.25, -0.2) is 4.98 Å². The second kappa shape index (κ2) is 12.2. The topological polar surface area (TPSA) is 93.2 Å². The average molecular weight is 521 g/mol. The molecule has 7 heteroatoms. The molecule has 4 rings (SSSR count). The molecule has 198 valence electrons. The lowest BCUT2D eigenvalue weighted by atomic mass is 9.99. The van der Waals surface area contributed by atoms with Crippen LogP contribution in [0.5, 0.6) is 0 Å². The molecule has 2 amide bonds. The van der Waals surface area contributed by atoms with E-state index in [4.69, 9.17) is 9.72 Å². The van der Waals surface area contributed by atoms with Gasteiger partial charge in [0, 0.05) is 34.6 Å². The van der Waals surface area contributed by atoms with E-state index in [0.717, 1.165) is 33.4 Å². The van der Waals surface area contributed by atoms with Gasteiger partial charge >= 0.3 is 0 Å². The monoisotopic (exact) mass is 520 g/mol. The number of benzene rings is 2. The Hall–Kier alpha value is -4.78. The maximum atomic E-state index is 13.5. The first-order valence-corrected chi connectivity index (χ1v) is 12.8. The van der Waals surface area contributed by atoms with Gasteiger partial charge in [0.05, 0.1) is 29.1 Å². The van der Waals surface area contributed by atoms with Gasteiger partial charge in [0.15, 0.2) is 0 Å². The second-order valence-corrected chi connectivity index (χ2v) is 9.25. The number of pyridine rings is 2. The highest BCUT2D eigenvalue weighted by Gasteiger charge is 2.17. The largest absolute Gasteiger partial charge is 0.465 e. The summed E-state index contributed by atoms with van der Waals surface area (Å²) < 4.78 is 5.67. The molecule has 0 saturated carbocycles. The van der Waals surface area contributed by atoms with Crippen molar-refractivity contribution < 1.29 is 14.3 Å². The van der Waals surface area contributed by atoms with Crippen molar-refractivity contribution in [1.82, 2.24) is 15.3 Å². The lowest BCUT2D eigenvalue weighted by molar-refractivity contribution is 0.0950. The van der Waals surface area contributed by atoms with Gasteiger partial charge in [0.2, 0.25) is 0 Å². The van der Waals surface area contributed by atoms with Crippen molar-refractivity contribution in [3.63, 3.8) is 0 Å². The van der Waals surface area contributed by atoms with Gasteiger partial charge < -0.3 is 15.4 Å². The van der Waals surface area contributed by atoms with Crippen molar-refractivity contribution in [2.75, 3.05) is 11.9 Å². The Morgan fingerprint density at radius 2 is 1.74 bits per heavy atom. The summed E-state index contributed by atoms with van der Waals surface area (Å²) in [6.45, 7) is 9.87. The molecule has 0 atom stereocenters. The SMILES string of the molecule is C/C=C(/C)O/C(=C\C)CNC(=O)c1ccc(NC(=O)c2cc(-c3cccnc3)nc3c(C)cc(C)cc23)cc1.